The van der Waals surface area contributed by atoms with Gasteiger partial charge in [-0.2, -0.15) is 0 Å². The molecular formula is C18H18F2N2O3. The molecule has 5 nitrogen and oxygen atoms in total. The van der Waals surface area contributed by atoms with E-state index in [1.165, 1.54) is 25.0 Å². The van der Waals surface area contributed by atoms with E-state index in [9.17, 15) is 18.4 Å². The molecule has 7 heteroatoms. The molecule has 2 aromatic carbocycles. The Labute approximate surface area is 144 Å². The molecule has 2 aromatic rings. The van der Waals surface area contributed by atoms with Crippen LogP contribution in [0.15, 0.2) is 42.5 Å². The molecule has 0 saturated carbocycles. The average Bonchev–Trinajstić information content (AvgIpc) is 2.58. The summed E-state index contributed by atoms with van der Waals surface area (Å²) >= 11 is 0. The van der Waals surface area contributed by atoms with Crippen molar-refractivity contribution in [3.63, 3.8) is 0 Å². The van der Waals surface area contributed by atoms with Crippen molar-refractivity contribution >= 4 is 17.5 Å². The summed E-state index contributed by atoms with van der Waals surface area (Å²) in [5.74, 6) is -2.27. The summed E-state index contributed by atoms with van der Waals surface area (Å²) in [5, 5.41) is 2.44. The fourth-order valence-corrected chi connectivity index (χ4v) is 2.27. The number of carbonyl (C=O) groups is 2. The Morgan fingerprint density at radius 1 is 1.12 bits per heavy atom. The molecule has 2 rings (SSSR count). The van der Waals surface area contributed by atoms with Crippen LogP contribution in [0.4, 0.5) is 14.5 Å². The van der Waals surface area contributed by atoms with Gasteiger partial charge in [0.25, 0.3) is 0 Å². The zero-order valence-corrected chi connectivity index (χ0v) is 13.9. The van der Waals surface area contributed by atoms with Crippen molar-refractivity contribution < 1.29 is 23.1 Å². The second-order valence-electron chi connectivity index (χ2n) is 5.36. The van der Waals surface area contributed by atoms with E-state index in [4.69, 9.17) is 4.74 Å². The molecule has 0 aliphatic rings. The number of hydrogen-bond donors (Lipinski definition) is 1. The van der Waals surface area contributed by atoms with Crippen LogP contribution in [0.3, 0.4) is 0 Å². The maximum atomic E-state index is 13.2. The summed E-state index contributed by atoms with van der Waals surface area (Å²) in [7, 11) is 1.52. The quantitative estimate of drug-likeness (QED) is 0.873. The number of carbonyl (C=O) groups excluding carboxylic acids is 2. The van der Waals surface area contributed by atoms with E-state index in [0.29, 0.717) is 5.75 Å². The highest BCUT2D eigenvalue weighted by atomic mass is 19.2. The molecule has 0 heterocycles. The van der Waals surface area contributed by atoms with Crippen LogP contribution in [0.5, 0.6) is 5.75 Å². The minimum atomic E-state index is -1.06. The van der Waals surface area contributed by atoms with Crippen molar-refractivity contribution in [1.29, 1.82) is 0 Å². The smallest absolute Gasteiger partial charge is 0.244 e. The van der Waals surface area contributed by atoms with Crippen LogP contribution in [-0.2, 0) is 16.1 Å². The maximum absolute atomic E-state index is 13.2. The Kier molecular flexibility index (Phi) is 6.05. The number of hydrogen-bond acceptors (Lipinski definition) is 3. The number of nitrogens with one attached hydrogen (secondary N) is 1. The lowest BCUT2D eigenvalue weighted by Gasteiger charge is -2.21. The van der Waals surface area contributed by atoms with Gasteiger partial charge >= 0.3 is 0 Å². The van der Waals surface area contributed by atoms with Gasteiger partial charge in [-0.15, -0.1) is 0 Å². The van der Waals surface area contributed by atoms with Gasteiger partial charge in [-0.05, 0) is 18.2 Å². The van der Waals surface area contributed by atoms with Crippen LogP contribution in [0.1, 0.15) is 12.5 Å². The van der Waals surface area contributed by atoms with Crippen LogP contribution in [-0.4, -0.2) is 30.4 Å². The van der Waals surface area contributed by atoms with E-state index < -0.39 is 17.5 Å². The molecule has 0 atom stereocenters. The molecule has 2 amide bonds. The topological polar surface area (TPSA) is 58.6 Å². The van der Waals surface area contributed by atoms with Gasteiger partial charge in [-0.25, -0.2) is 8.78 Å². The highest BCUT2D eigenvalue weighted by molar-refractivity contribution is 5.94. The highest BCUT2D eigenvalue weighted by Gasteiger charge is 2.16. The van der Waals surface area contributed by atoms with E-state index >= 15 is 0 Å². The standard InChI is InChI=1S/C18H18F2N2O3/c1-12(23)22(10-13-5-3-4-6-17(13)25-2)11-18(24)21-14-7-8-15(19)16(20)9-14/h3-9H,10-11H2,1-2H3,(H,21,24). The van der Waals surface area contributed by atoms with Crippen LogP contribution < -0.4 is 10.1 Å². The molecule has 0 unspecified atom stereocenters. The third-order valence-corrected chi connectivity index (χ3v) is 3.54. The first kappa shape index (κ1) is 18.4. The Hall–Kier alpha value is -2.96. The van der Waals surface area contributed by atoms with Crippen molar-refractivity contribution in [3.8, 4) is 5.75 Å². The second-order valence-corrected chi connectivity index (χ2v) is 5.36. The lowest BCUT2D eigenvalue weighted by molar-refractivity contribution is -0.133. The average molecular weight is 348 g/mol. The predicted molar refractivity (Wildman–Crippen MR) is 89.1 cm³/mol. The Bertz CT molecular complexity index is 781. The summed E-state index contributed by atoms with van der Waals surface area (Å²) in [6, 6.07) is 10.2. The molecule has 0 aliphatic heterocycles. The maximum Gasteiger partial charge on any atom is 0.244 e. The van der Waals surface area contributed by atoms with Crippen LogP contribution in [0.25, 0.3) is 0 Å². The molecule has 0 spiro atoms. The largest absolute Gasteiger partial charge is 0.496 e. The van der Waals surface area contributed by atoms with Gasteiger partial charge in [-0.1, -0.05) is 18.2 Å². The van der Waals surface area contributed by atoms with Gasteiger partial charge in [0.2, 0.25) is 11.8 Å². The van der Waals surface area contributed by atoms with E-state index in [-0.39, 0.29) is 24.7 Å². The third-order valence-electron chi connectivity index (χ3n) is 3.54. The zero-order chi connectivity index (χ0) is 18.4. The predicted octanol–water partition coefficient (Wildman–Crippen LogP) is 2.96. The Morgan fingerprint density at radius 3 is 2.48 bits per heavy atom. The number of anilines is 1. The molecule has 0 fully saturated rings. The normalized spacial score (nSPS) is 10.2. The lowest BCUT2D eigenvalue weighted by atomic mass is 10.2. The minimum absolute atomic E-state index is 0.115. The SMILES string of the molecule is COc1ccccc1CN(CC(=O)Nc1ccc(F)c(F)c1)C(C)=O. The monoisotopic (exact) mass is 348 g/mol. The Balaban J connectivity index is 2.06. The first-order valence-corrected chi connectivity index (χ1v) is 7.53. The Morgan fingerprint density at radius 2 is 1.84 bits per heavy atom. The summed E-state index contributed by atoms with van der Waals surface area (Å²) < 4.78 is 31.3. The van der Waals surface area contributed by atoms with Crippen LogP contribution >= 0.6 is 0 Å². The second kappa shape index (κ2) is 8.23. The fraction of sp³-hybridized carbons (Fsp3) is 0.222. The van der Waals surface area contributed by atoms with Crippen molar-refractivity contribution in [2.24, 2.45) is 0 Å². The molecule has 25 heavy (non-hydrogen) atoms. The summed E-state index contributed by atoms with van der Waals surface area (Å²) in [4.78, 5) is 25.3. The van der Waals surface area contributed by atoms with Gasteiger partial charge in [-0.3, -0.25) is 9.59 Å². The molecule has 132 valence electrons. The van der Waals surface area contributed by atoms with Gasteiger partial charge in [0.1, 0.15) is 12.3 Å². The van der Waals surface area contributed by atoms with Crippen molar-refractivity contribution in [2.45, 2.75) is 13.5 Å². The molecular weight excluding hydrogens is 330 g/mol. The van der Waals surface area contributed by atoms with E-state index in [2.05, 4.69) is 5.32 Å². The van der Waals surface area contributed by atoms with Crippen molar-refractivity contribution in [3.05, 3.63) is 59.7 Å². The van der Waals surface area contributed by atoms with Crippen molar-refractivity contribution in [2.75, 3.05) is 19.0 Å². The number of nitrogens with zero attached hydrogens (tertiary/aromatic N) is 1. The zero-order valence-electron chi connectivity index (χ0n) is 13.9. The van der Waals surface area contributed by atoms with E-state index in [1.807, 2.05) is 0 Å². The lowest BCUT2D eigenvalue weighted by Crippen LogP contribution is -2.36. The van der Waals surface area contributed by atoms with Gasteiger partial charge in [0, 0.05) is 30.8 Å². The minimum Gasteiger partial charge on any atom is -0.496 e. The highest BCUT2D eigenvalue weighted by Crippen LogP contribution is 2.19. The molecule has 0 aromatic heterocycles. The van der Waals surface area contributed by atoms with Crippen LogP contribution in [0.2, 0.25) is 0 Å². The fourth-order valence-electron chi connectivity index (χ4n) is 2.27. The summed E-state index contributed by atoms with van der Waals surface area (Å²) in [5.41, 5.74) is 0.866. The van der Waals surface area contributed by atoms with E-state index in [1.54, 1.807) is 24.3 Å². The van der Waals surface area contributed by atoms with Crippen LogP contribution in [0, 0.1) is 11.6 Å². The molecule has 0 saturated heterocycles. The number of benzene rings is 2. The molecule has 0 radical (unpaired) electrons. The number of halogens is 2. The number of rotatable bonds is 6. The summed E-state index contributed by atoms with van der Waals surface area (Å²) in [6.45, 7) is 1.30. The number of amides is 2. The number of ether oxygens (including phenoxy) is 1. The number of methoxy groups -OCH3 is 1. The van der Waals surface area contributed by atoms with Gasteiger partial charge in [0.15, 0.2) is 11.6 Å². The van der Waals surface area contributed by atoms with E-state index in [0.717, 1.165) is 17.7 Å². The first-order chi connectivity index (χ1) is 11.9. The molecule has 0 aliphatic carbocycles. The molecule has 1 N–H and O–H groups in total. The number of para-hydroxylation sites is 1. The summed E-state index contributed by atoms with van der Waals surface area (Å²) in [6.07, 6.45) is 0. The first-order valence-electron chi connectivity index (χ1n) is 7.53. The van der Waals surface area contributed by atoms with Gasteiger partial charge in [0.05, 0.1) is 7.11 Å². The molecule has 0 bridgehead atoms. The van der Waals surface area contributed by atoms with Gasteiger partial charge < -0.3 is 15.0 Å². The third kappa shape index (κ3) is 5.00. The van der Waals surface area contributed by atoms with Crippen molar-refractivity contribution in [1.82, 2.24) is 4.90 Å².